The van der Waals surface area contributed by atoms with E-state index in [2.05, 4.69) is 15.6 Å². The fraction of sp³-hybridized carbons (Fsp3) is 0.316. The number of aliphatic imine (C=N–C) groups is 1. The molecule has 1 aliphatic rings. The van der Waals surface area contributed by atoms with Gasteiger partial charge in [-0.2, -0.15) is 0 Å². The average molecular weight is 370 g/mol. The van der Waals surface area contributed by atoms with E-state index in [0.29, 0.717) is 24.6 Å². The second-order valence-electron chi connectivity index (χ2n) is 5.95. The van der Waals surface area contributed by atoms with Crippen LogP contribution < -0.4 is 20.1 Å². The van der Waals surface area contributed by atoms with Crippen LogP contribution in [0.1, 0.15) is 18.1 Å². The van der Waals surface area contributed by atoms with Crippen molar-refractivity contribution in [1.29, 1.82) is 0 Å². The van der Waals surface area contributed by atoms with Crippen LogP contribution in [0.3, 0.4) is 0 Å². The molecule has 0 fully saturated rings. The van der Waals surface area contributed by atoms with Crippen molar-refractivity contribution >= 4 is 11.6 Å². The zero-order chi connectivity index (χ0) is 19.1. The van der Waals surface area contributed by atoms with Gasteiger partial charge in [0.05, 0.1) is 17.0 Å². The number of nitrogens with zero attached hydrogens (tertiary/aromatic N) is 2. The summed E-state index contributed by atoms with van der Waals surface area (Å²) in [6.07, 6.45) is 0.784. The molecule has 1 heterocycles. The van der Waals surface area contributed by atoms with Crippen LogP contribution in [0.4, 0.5) is 5.69 Å². The van der Waals surface area contributed by atoms with Crippen molar-refractivity contribution in [2.75, 3.05) is 19.9 Å². The van der Waals surface area contributed by atoms with E-state index < -0.39 is 0 Å². The third kappa shape index (κ3) is 4.87. The lowest BCUT2D eigenvalue weighted by Gasteiger charge is -2.11. The van der Waals surface area contributed by atoms with E-state index in [1.165, 1.54) is 6.07 Å². The van der Waals surface area contributed by atoms with Crippen molar-refractivity contribution in [2.45, 2.75) is 19.9 Å². The highest BCUT2D eigenvalue weighted by Crippen LogP contribution is 2.32. The van der Waals surface area contributed by atoms with Gasteiger partial charge >= 0.3 is 0 Å². The number of fused-ring (bicyclic) bond motifs is 1. The SMILES string of the molecule is CCNC(=NCc1ccccc1[N+](=O)[O-])NCCc1ccc2c(c1)OCO2. The van der Waals surface area contributed by atoms with E-state index in [0.717, 1.165) is 23.5 Å². The Bertz CT molecular complexity index is 838. The topological polar surface area (TPSA) is 98.0 Å². The smallest absolute Gasteiger partial charge is 0.274 e. The standard InChI is InChI=1S/C19H22N4O4/c1-2-20-19(22-12-15-5-3-4-6-16(15)23(24)25)21-10-9-14-7-8-17-18(11-14)27-13-26-17/h3-8,11H,2,9-10,12-13H2,1H3,(H2,20,21,22). The summed E-state index contributed by atoms with van der Waals surface area (Å²) in [4.78, 5) is 15.2. The van der Waals surface area contributed by atoms with Crippen LogP contribution >= 0.6 is 0 Å². The van der Waals surface area contributed by atoms with Gasteiger partial charge in [0.15, 0.2) is 17.5 Å². The van der Waals surface area contributed by atoms with Gasteiger partial charge < -0.3 is 20.1 Å². The molecule has 8 heteroatoms. The van der Waals surface area contributed by atoms with Crippen molar-refractivity contribution in [1.82, 2.24) is 10.6 Å². The Morgan fingerprint density at radius 3 is 2.81 bits per heavy atom. The number of hydrogen-bond acceptors (Lipinski definition) is 5. The van der Waals surface area contributed by atoms with Crippen LogP contribution in [0.15, 0.2) is 47.5 Å². The van der Waals surface area contributed by atoms with E-state index in [1.807, 2.05) is 25.1 Å². The molecule has 142 valence electrons. The summed E-state index contributed by atoms with van der Waals surface area (Å²) in [6.45, 7) is 3.84. The summed E-state index contributed by atoms with van der Waals surface area (Å²) in [5, 5.41) is 17.5. The molecule has 2 aromatic rings. The molecule has 0 saturated carbocycles. The van der Waals surface area contributed by atoms with E-state index in [4.69, 9.17) is 9.47 Å². The molecule has 1 aliphatic heterocycles. The Morgan fingerprint density at radius 2 is 2.00 bits per heavy atom. The molecule has 2 N–H and O–H groups in total. The lowest BCUT2D eigenvalue weighted by Crippen LogP contribution is -2.38. The molecule has 27 heavy (non-hydrogen) atoms. The number of nitro benzene ring substituents is 1. The minimum atomic E-state index is -0.384. The minimum absolute atomic E-state index is 0.0810. The lowest BCUT2D eigenvalue weighted by molar-refractivity contribution is -0.385. The molecule has 0 amide bonds. The van der Waals surface area contributed by atoms with Crippen LogP contribution in [0, 0.1) is 10.1 Å². The van der Waals surface area contributed by atoms with Gasteiger partial charge in [-0.05, 0) is 31.0 Å². The van der Waals surface area contributed by atoms with Gasteiger partial charge in [0.1, 0.15) is 0 Å². The highest BCUT2D eigenvalue weighted by molar-refractivity contribution is 5.79. The first-order valence-corrected chi connectivity index (χ1v) is 8.80. The molecule has 0 spiro atoms. The molecule has 0 saturated heterocycles. The zero-order valence-corrected chi connectivity index (χ0v) is 15.1. The third-order valence-electron chi connectivity index (χ3n) is 4.08. The number of rotatable bonds is 7. The highest BCUT2D eigenvalue weighted by Gasteiger charge is 2.13. The number of nitrogens with one attached hydrogen (secondary N) is 2. The first-order chi connectivity index (χ1) is 13.2. The maximum atomic E-state index is 11.1. The Labute approximate surface area is 157 Å². The van der Waals surface area contributed by atoms with Gasteiger partial charge in [0.2, 0.25) is 6.79 Å². The molecule has 0 aromatic heterocycles. The molecule has 2 aromatic carbocycles. The largest absolute Gasteiger partial charge is 0.454 e. The van der Waals surface area contributed by atoms with Crippen LogP contribution in [0.5, 0.6) is 11.5 Å². The van der Waals surface area contributed by atoms with E-state index in [-0.39, 0.29) is 23.9 Å². The van der Waals surface area contributed by atoms with Crippen LogP contribution in [-0.4, -0.2) is 30.8 Å². The van der Waals surface area contributed by atoms with Crippen molar-refractivity contribution in [3.05, 3.63) is 63.7 Å². The molecular formula is C19H22N4O4. The minimum Gasteiger partial charge on any atom is -0.454 e. The number of para-hydroxylation sites is 1. The first-order valence-electron chi connectivity index (χ1n) is 8.80. The zero-order valence-electron chi connectivity index (χ0n) is 15.1. The van der Waals surface area contributed by atoms with Gasteiger partial charge in [0, 0.05) is 19.2 Å². The van der Waals surface area contributed by atoms with Crippen LogP contribution in [0.2, 0.25) is 0 Å². The monoisotopic (exact) mass is 370 g/mol. The summed E-state index contributed by atoms with van der Waals surface area (Å²) < 4.78 is 10.7. The predicted octanol–water partition coefficient (Wildman–Crippen LogP) is 2.62. The average Bonchev–Trinajstić information content (AvgIpc) is 3.14. The molecule has 0 aliphatic carbocycles. The first kappa shape index (κ1) is 18.5. The number of nitro groups is 1. The van der Waals surface area contributed by atoms with Crippen molar-refractivity contribution < 1.29 is 14.4 Å². The van der Waals surface area contributed by atoms with Crippen molar-refractivity contribution in [3.8, 4) is 11.5 Å². The molecule has 0 atom stereocenters. The Morgan fingerprint density at radius 1 is 1.19 bits per heavy atom. The van der Waals surface area contributed by atoms with E-state index in [9.17, 15) is 10.1 Å². The van der Waals surface area contributed by atoms with Gasteiger partial charge in [-0.25, -0.2) is 4.99 Å². The maximum absolute atomic E-state index is 11.1. The van der Waals surface area contributed by atoms with Crippen LogP contribution in [0.25, 0.3) is 0 Å². The summed E-state index contributed by atoms with van der Waals surface area (Å²) in [6, 6.07) is 12.5. The molecule has 0 bridgehead atoms. The molecule has 3 rings (SSSR count). The van der Waals surface area contributed by atoms with Crippen molar-refractivity contribution in [2.24, 2.45) is 4.99 Å². The number of guanidine groups is 1. The normalized spacial score (nSPS) is 12.7. The second-order valence-corrected chi connectivity index (χ2v) is 5.95. The summed E-state index contributed by atoms with van der Waals surface area (Å²) in [7, 11) is 0. The summed E-state index contributed by atoms with van der Waals surface area (Å²) in [5.41, 5.74) is 1.79. The second kappa shape index (κ2) is 8.88. The Kier molecular flexibility index (Phi) is 6.09. The Hall–Kier alpha value is -3.29. The fourth-order valence-electron chi connectivity index (χ4n) is 2.75. The molecular weight excluding hydrogens is 348 g/mol. The predicted molar refractivity (Wildman–Crippen MR) is 102 cm³/mol. The molecule has 0 unspecified atom stereocenters. The van der Waals surface area contributed by atoms with E-state index >= 15 is 0 Å². The third-order valence-corrected chi connectivity index (χ3v) is 4.08. The molecule has 0 radical (unpaired) electrons. The number of hydrogen-bond donors (Lipinski definition) is 2. The quantitative estimate of drug-likeness (QED) is 0.336. The van der Waals surface area contributed by atoms with Gasteiger partial charge in [-0.3, -0.25) is 10.1 Å². The van der Waals surface area contributed by atoms with Gasteiger partial charge in [-0.15, -0.1) is 0 Å². The maximum Gasteiger partial charge on any atom is 0.274 e. The summed E-state index contributed by atoms with van der Waals surface area (Å²) >= 11 is 0. The number of ether oxygens (including phenoxy) is 2. The fourth-order valence-corrected chi connectivity index (χ4v) is 2.75. The molecule has 8 nitrogen and oxygen atoms in total. The summed E-state index contributed by atoms with van der Waals surface area (Å²) in [5.74, 6) is 2.16. The number of benzene rings is 2. The lowest BCUT2D eigenvalue weighted by atomic mass is 10.1. The van der Waals surface area contributed by atoms with Crippen molar-refractivity contribution in [3.63, 3.8) is 0 Å². The van der Waals surface area contributed by atoms with Gasteiger partial charge in [-0.1, -0.05) is 24.3 Å². The Balaban J connectivity index is 1.59. The highest BCUT2D eigenvalue weighted by atomic mass is 16.7. The van der Waals surface area contributed by atoms with Crippen LogP contribution in [-0.2, 0) is 13.0 Å². The van der Waals surface area contributed by atoms with E-state index in [1.54, 1.807) is 18.2 Å². The van der Waals surface area contributed by atoms with Gasteiger partial charge in [0.25, 0.3) is 5.69 Å².